The molecule has 0 saturated heterocycles. The number of hydrogen-bond acceptors (Lipinski definition) is 3. The highest BCUT2D eigenvalue weighted by Crippen LogP contribution is 2.26. The molecule has 0 spiro atoms. The van der Waals surface area contributed by atoms with E-state index in [0.717, 1.165) is 5.56 Å². The Labute approximate surface area is 162 Å². The van der Waals surface area contributed by atoms with Crippen LogP contribution in [-0.4, -0.2) is 9.97 Å². The van der Waals surface area contributed by atoms with Crippen molar-refractivity contribution in [2.45, 2.75) is 0 Å². The molecule has 0 aliphatic carbocycles. The molecule has 2 aromatic heterocycles. The van der Waals surface area contributed by atoms with Crippen molar-refractivity contribution >= 4 is 45.2 Å². The van der Waals surface area contributed by atoms with Gasteiger partial charge in [-0.05, 0) is 54.6 Å². The number of furan rings is 1. The van der Waals surface area contributed by atoms with Crippen molar-refractivity contribution in [1.82, 2.24) is 9.97 Å². The highest BCUT2D eigenvalue weighted by molar-refractivity contribution is 6.50. The van der Waals surface area contributed by atoms with E-state index in [9.17, 15) is 9.18 Å². The SMILES string of the molecule is O=c1[nH]c(/C(Cl)=C/c2ccc(-c3ccc(F)cc3)o2)nc2ccc(Cl)cc12. The number of rotatable bonds is 3. The summed E-state index contributed by atoms with van der Waals surface area (Å²) in [5.41, 5.74) is 0.882. The van der Waals surface area contributed by atoms with Crippen LogP contribution in [0.1, 0.15) is 11.6 Å². The van der Waals surface area contributed by atoms with Gasteiger partial charge >= 0.3 is 0 Å². The first-order valence-electron chi connectivity index (χ1n) is 7.92. The molecule has 0 bridgehead atoms. The molecular weight excluding hydrogens is 390 g/mol. The number of fused-ring (bicyclic) bond motifs is 1. The normalized spacial score (nSPS) is 11.9. The zero-order valence-electron chi connectivity index (χ0n) is 13.7. The Bertz CT molecular complexity index is 1230. The Kier molecular flexibility index (Phi) is 4.56. The van der Waals surface area contributed by atoms with E-state index in [4.69, 9.17) is 27.6 Å². The van der Waals surface area contributed by atoms with Crippen LogP contribution in [-0.2, 0) is 0 Å². The summed E-state index contributed by atoms with van der Waals surface area (Å²) >= 11 is 12.2. The Morgan fingerprint density at radius 2 is 1.89 bits per heavy atom. The molecule has 134 valence electrons. The second-order valence-electron chi connectivity index (χ2n) is 5.78. The summed E-state index contributed by atoms with van der Waals surface area (Å²) < 4.78 is 18.7. The van der Waals surface area contributed by atoms with E-state index in [2.05, 4.69) is 9.97 Å². The van der Waals surface area contributed by atoms with E-state index >= 15 is 0 Å². The molecule has 0 radical (unpaired) electrons. The number of halogens is 3. The van der Waals surface area contributed by atoms with E-state index in [1.807, 2.05) is 0 Å². The Morgan fingerprint density at radius 3 is 2.67 bits per heavy atom. The molecule has 7 heteroatoms. The highest BCUT2D eigenvalue weighted by atomic mass is 35.5. The van der Waals surface area contributed by atoms with Crippen molar-refractivity contribution in [3.63, 3.8) is 0 Å². The summed E-state index contributed by atoms with van der Waals surface area (Å²) in [7, 11) is 0. The lowest BCUT2D eigenvalue weighted by Gasteiger charge is -2.02. The molecule has 0 saturated carbocycles. The van der Waals surface area contributed by atoms with E-state index < -0.39 is 0 Å². The van der Waals surface area contributed by atoms with Crippen molar-refractivity contribution in [2.75, 3.05) is 0 Å². The summed E-state index contributed by atoms with van der Waals surface area (Å²) in [6, 6.07) is 14.3. The van der Waals surface area contributed by atoms with Crippen LogP contribution >= 0.6 is 23.2 Å². The van der Waals surface area contributed by atoms with Gasteiger partial charge < -0.3 is 9.40 Å². The molecule has 0 fully saturated rings. The Morgan fingerprint density at radius 1 is 1.11 bits per heavy atom. The Hall–Kier alpha value is -2.89. The van der Waals surface area contributed by atoms with Gasteiger partial charge in [0.05, 0.1) is 15.9 Å². The largest absolute Gasteiger partial charge is 0.457 e. The summed E-state index contributed by atoms with van der Waals surface area (Å²) in [6.45, 7) is 0. The number of benzene rings is 2. The lowest BCUT2D eigenvalue weighted by Crippen LogP contribution is -2.10. The molecule has 27 heavy (non-hydrogen) atoms. The van der Waals surface area contributed by atoms with Gasteiger partial charge in [-0.1, -0.05) is 23.2 Å². The first-order chi connectivity index (χ1) is 13.0. The second-order valence-corrected chi connectivity index (χ2v) is 6.62. The predicted molar refractivity (Wildman–Crippen MR) is 105 cm³/mol. The van der Waals surface area contributed by atoms with Crippen LogP contribution in [0.3, 0.4) is 0 Å². The molecule has 2 aromatic carbocycles. The van der Waals surface area contributed by atoms with Crippen molar-refractivity contribution in [1.29, 1.82) is 0 Å². The predicted octanol–water partition coefficient (Wildman–Crippen LogP) is 5.71. The number of H-pyrrole nitrogens is 1. The standard InChI is InChI=1S/C20H11Cl2FN2O2/c21-12-3-7-17-15(9-12)20(26)25-19(24-17)16(22)10-14-6-8-18(27-14)11-1-4-13(23)5-2-11/h1-10H,(H,24,25,26)/b16-10-. The van der Waals surface area contributed by atoms with Crippen LogP contribution in [0.15, 0.2) is 63.8 Å². The van der Waals surface area contributed by atoms with Crippen LogP contribution in [0.5, 0.6) is 0 Å². The fourth-order valence-corrected chi connectivity index (χ4v) is 2.99. The smallest absolute Gasteiger partial charge is 0.259 e. The third kappa shape index (κ3) is 3.65. The van der Waals surface area contributed by atoms with E-state index in [1.54, 1.807) is 48.5 Å². The van der Waals surface area contributed by atoms with Crippen molar-refractivity contribution < 1.29 is 8.81 Å². The second kappa shape index (κ2) is 7.02. The summed E-state index contributed by atoms with van der Waals surface area (Å²) in [5.74, 6) is 0.941. The number of aromatic amines is 1. The zero-order valence-corrected chi connectivity index (χ0v) is 15.2. The van der Waals surface area contributed by atoms with Gasteiger partial charge in [0.2, 0.25) is 0 Å². The number of hydrogen-bond donors (Lipinski definition) is 1. The minimum Gasteiger partial charge on any atom is -0.457 e. The number of aromatic nitrogens is 2. The maximum Gasteiger partial charge on any atom is 0.259 e. The molecule has 0 amide bonds. The zero-order chi connectivity index (χ0) is 19.0. The quantitative estimate of drug-likeness (QED) is 0.478. The Balaban J connectivity index is 1.68. The van der Waals surface area contributed by atoms with E-state index in [1.165, 1.54) is 12.1 Å². The van der Waals surface area contributed by atoms with E-state index in [0.29, 0.717) is 27.4 Å². The van der Waals surface area contributed by atoms with Gasteiger partial charge in [-0.2, -0.15) is 0 Å². The van der Waals surface area contributed by atoms with Crippen molar-refractivity contribution in [2.24, 2.45) is 0 Å². The van der Waals surface area contributed by atoms with Crippen molar-refractivity contribution in [3.8, 4) is 11.3 Å². The van der Waals surface area contributed by atoms with Crippen LogP contribution in [0, 0.1) is 5.82 Å². The summed E-state index contributed by atoms with van der Waals surface area (Å²) in [4.78, 5) is 19.2. The third-order valence-corrected chi connectivity index (χ3v) is 4.44. The molecule has 1 N–H and O–H groups in total. The van der Waals surface area contributed by atoms with Crippen LogP contribution in [0.2, 0.25) is 5.02 Å². The molecular formula is C20H11Cl2FN2O2. The molecule has 4 aromatic rings. The third-order valence-electron chi connectivity index (χ3n) is 3.92. The first kappa shape index (κ1) is 17.5. The maximum absolute atomic E-state index is 13.0. The minimum absolute atomic E-state index is 0.212. The average molecular weight is 401 g/mol. The molecule has 0 aliphatic heterocycles. The topological polar surface area (TPSA) is 58.9 Å². The van der Waals surface area contributed by atoms with Gasteiger partial charge in [-0.25, -0.2) is 9.37 Å². The number of nitrogens with zero attached hydrogens (tertiary/aromatic N) is 1. The van der Waals surface area contributed by atoms with Gasteiger partial charge in [0.1, 0.15) is 17.3 Å². The lowest BCUT2D eigenvalue weighted by atomic mass is 10.2. The molecule has 2 heterocycles. The molecule has 0 atom stereocenters. The molecule has 4 nitrogen and oxygen atoms in total. The van der Waals surface area contributed by atoms with Gasteiger partial charge in [0.15, 0.2) is 5.82 Å². The first-order valence-corrected chi connectivity index (χ1v) is 8.68. The fraction of sp³-hybridized carbons (Fsp3) is 0. The van der Waals surface area contributed by atoms with Crippen LogP contribution in [0.25, 0.3) is 33.3 Å². The highest BCUT2D eigenvalue weighted by Gasteiger charge is 2.09. The van der Waals surface area contributed by atoms with Gasteiger partial charge in [-0.3, -0.25) is 4.79 Å². The fourth-order valence-electron chi connectivity index (χ4n) is 2.62. The number of nitrogens with one attached hydrogen (secondary N) is 1. The molecule has 0 unspecified atom stereocenters. The maximum atomic E-state index is 13.0. The molecule has 0 aliphatic rings. The molecule has 4 rings (SSSR count). The minimum atomic E-state index is -0.338. The van der Waals surface area contributed by atoms with Crippen molar-refractivity contribution in [3.05, 3.63) is 87.4 Å². The van der Waals surface area contributed by atoms with Crippen LogP contribution < -0.4 is 5.56 Å². The average Bonchev–Trinajstić information content (AvgIpc) is 3.11. The lowest BCUT2D eigenvalue weighted by molar-refractivity contribution is 0.571. The monoisotopic (exact) mass is 400 g/mol. The van der Waals surface area contributed by atoms with Gasteiger partial charge in [0, 0.05) is 16.7 Å². The summed E-state index contributed by atoms with van der Waals surface area (Å²) in [5, 5.41) is 1.05. The summed E-state index contributed by atoms with van der Waals surface area (Å²) in [6.07, 6.45) is 1.55. The van der Waals surface area contributed by atoms with Gasteiger partial charge in [-0.15, -0.1) is 0 Å². The van der Waals surface area contributed by atoms with Crippen LogP contribution in [0.4, 0.5) is 4.39 Å². The van der Waals surface area contributed by atoms with E-state index in [-0.39, 0.29) is 22.2 Å². The van der Waals surface area contributed by atoms with Gasteiger partial charge in [0.25, 0.3) is 5.56 Å².